The molecule has 1 fully saturated rings. The number of benzene rings is 2. The molecule has 1 atom stereocenters. The van der Waals surface area contributed by atoms with Gasteiger partial charge in [-0.05, 0) is 66.6 Å². The van der Waals surface area contributed by atoms with Crippen molar-refractivity contribution in [1.82, 2.24) is 9.71 Å². The first-order valence-corrected chi connectivity index (χ1v) is 16.0. The number of aryl methyl sites for hydroxylation is 1. The minimum absolute atomic E-state index is 0.00632. The minimum atomic E-state index is -3.89. The van der Waals surface area contributed by atoms with Gasteiger partial charge in [-0.2, -0.15) is 0 Å². The summed E-state index contributed by atoms with van der Waals surface area (Å²) in [4.78, 5) is 17.2. The van der Waals surface area contributed by atoms with Crippen molar-refractivity contribution in [3.8, 4) is 5.75 Å². The zero-order chi connectivity index (χ0) is 29.2. The van der Waals surface area contributed by atoms with Gasteiger partial charge in [-0.3, -0.25) is 9.71 Å². The van der Waals surface area contributed by atoms with E-state index in [0.717, 1.165) is 12.8 Å². The standard InChI is InChI=1S/C29H29N3O7S2/c1-2-19-7-3-4-11-26(19)41(37,38)31-17-23-16-25(33)28(29(34)39-23)27(20-12-13-20)21-8-5-9-22(15-21)32-40(35,36)24-10-6-14-30-18-24/h3-11,14-16,18,20,27,31-33H,2,12-13,17H2,1H3. The van der Waals surface area contributed by atoms with E-state index < -0.39 is 31.6 Å². The molecule has 10 nitrogen and oxygen atoms in total. The maximum absolute atomic E-state index is 13.2. The van der Waals surface area contributed by atoms with Gasteiger partial charge in [0.1, 0.15) is 16.4 Å². The van der Waals surface area contributed by atoms with E-state index in [1.54, 1.807) is 42.5 Å². The van der Waals surface area contributed by atoms with Crippen LogP contribution in [0.2, 0.25) is 0 Å². The Balaban J connectivity index is 1.40. The van der Waals surface area contributed by atoms with Crippen LogP contribution in [0, 0.1) is 5.92 Å². The zero-order valence-electron chi connectivity index (χ0n) is 22.1. The van der Waals surface area contributed by atoms with E-state index in [9.17, 15) is 26.7 Å². The summed E-state index contributed by atoms with van der Waals surface area (Å²) in [6.07, 6.45) is 4.87. The molecule has 0 amide bonds. The second kappa shape index (κ2) is 11.5. The Morgan fingerprint density at radius 1 is 1.00 bits per heavy atom. The molecule has 0 saturated heterocycles. The SMILES string of the molecule is CCc1ccccc1S(=O)(=O)NCc1cc(O)c(C(c2cccc(NS(=O)(=O)c3cccnc3)c2)C2CC2)c(=O)o1. The Kier molecular flexibility index (Phi) is 7.98. The van der Waals surface area contributed by atoms with Gasteiger partial charge in [-0.15, -0.1) is 0 Å². The van der Waals surface area contributed by atoms with Crippen LogP contribution in [-0.4, -0.2) is 26.9 Å². The average molecular weight is 596 g/mol. The Morgan fingerprint density at radius 3 is 2.46 bits per heavy atom. The predicted octanol–water partition coefficient (Wildman–Crippen LogP) is 4.12. The van der Waals surface area contributed by atoms with Crippen LogP contribution in [0.4, 0.5) is 5.69 Å². The molecule has 41 heavy (non-hydrogen) atoms. The molecular weight excluding hydrogens is 566 g/mol. The van der Waals surface area contributed by atoms with Gasteiger partial charge < -0.3 is 9.52 Å². The smallest absolute Gasteiger partial charge is 0.343 e. The molecule has 1 unspecified atom stereocenters. The number of sulfonamides is 2. The van der Waals surface area contributed by atoms with Crippen molar-refractivity contribution in [1.29, 1.82) is 0 Å². The summed E-state index contributed by atoms with van der Waals surface area (Å²) < 4.78 is 61.8. The molecule has 1 aliphatic carbocycles. The quantitative estimate of drug-likeness (QED) is 0.234. The van der Waals surface area contributed by atoms with Gasteiger partial charge in [0.05, 0.1) is 17.0 Å². The van der Waals surface area contributed by atoms with Gasteiger partial charge in [-0.1, -0.05) is 37.3 Å². The molecule has 0 radical (unpaired) electrons. The van der Waals surface area contributed by atoms with E-state index in [0.29, 0.717) is 23.2 Å². The maximum atomic E-state index is 13.2. The first-order valence-electron chi connectivity index (χ1n) is 13.1. The molecule has 214 valence electrons. The van der Waals surface area contributed by atoms with E-state index >= 15 is 0 Å². The highest BCUT2D eigenvalue weighted by Crippen LogP contribution is 2.48. The second-order valence-electron chi connectivity index (χ2n) is 9.82. The Labute approximate surface area is 238 Å². The van der Waals surface area contributed by atoms with Crippen LogP contribution in [0.3, 0.4) is 0 Å². The number of nitrogens with one attached hydrogen (secondary N) is 2. The first-order chi connectivity index (χ1) is 19.6. The molecular formula is C29H29N3O7S2. The number of hydrogen-bond donors (Lipinski definition) is 3. The highest BCUT2D eigenvalue weighted by atomic mass is 32.2. The van der Waals surface area contributed by atoms with Gasteiger partial charge in [0.2, 0.25) is 10.0 Å². The van der Waals surface area contributed by atoms with Gasteiger partial charge in [0, 0.05) is 30.1 Å². The molecule has 12 heteroatoms. The van der Waals surface area contributed by atoms with Crippen molar-refractivity contribution in [2.75, 3.05) is 4.72 Å². The van der Waals surface area contributed by atoms with Crippen LogP contribution in [-0.2, 0) is 33.0 Å². The monoisotopic (exact) mass is 595 g/mol. The Morgan fingerprint density at radius 2 is 1.78 bits per heavy atom. The van der Waals surface area contributed by atoms with E-state index in [1.165, 1.54) is 36.7 Å². The lowest BCUT2D eigenvalue weighted by molar-refractivity contribution is 0.401. The molecule has 2 heterocycles. The van der Waals surface area contributed by atoms with E-state index in [2.05, 4.69) is 14.4 Å². The second-order valence-corrected chi connectivity index (χ2v) is 13.2. The lowest BCUT2D eigenvalue weighted by atomic mass is 9.87. The molecule has 2 aromatic carbocycles. The van der Waals surface area contributed by atoms with Crippen LogP contribution >= 0.6 is 0 Å². The Bertz CT molecular complexity index is 1840. The molecule has 3 N–H and O–H groups in total. The highest BCUT2D eigenvalue weighted by Gasteiger charge is 2.37. The van der Waals surface area contributed by atoms with Crippen LogP contribution in [0.25, 0.3) is 0 Å². The van der Waals surface area contributed by atoms with Crippen molar-refractivity contribution in [3.05, 3.63) is 112 Å². The molecule has 2 aromatic heterocycles. The summed E-state index contributed by atoms with van der Waals surface area (Å²) in [6.45, 7) is 1.52. The Hall–Kier alpha value is -4.00. The van der Waals surface area contributed by atoms with Crippen molar-refractivity contribution in [2.24, 2.45) is 5.92 Å². The first kappa shape index (κ1) is 28.5. The van der Waals surface area contributed by atoms with Gasteiger partial charge in [0.25, 0.3) is 10.0 Å². The summed E-state index contributed by atoms with van der Waals surface area (Å²) in [5.41, 5.74) is 0.830. The van der Waals surface area contributed by atoms with Gasteiger partial charge in [-0.25, -0.2) is 26.4 Å². The van der Waals surface area contributed by atoms with Crippen molar-refractivity contribution >= 4 is 25.7 Å². The van der Waals surface area contributed by atoms with Crippen LogP contribution < -0.4 is 15.1 Å². The highest BCUT2D eigenvalue weighted by molar-refractivity contribution is 7.92. The normalized spacial score (nSPS) is 14.5. The van der Waals surface area contributed by atoms with Crippen molar-refractivity contribution < 1.29 is 26.4 Å². The van der Waals surface area contributed by atoms with E-state index in [4.69, 9.17) is 4.42 Å². The molecule has 0 bridgehead atoms. The van der Waals surface area contributed by atoms with Gasteiger partial charge >= 0.3 is 5.63 Å². The number of aromatic hydroxyl groups is 1. The summed E-state index contributed by atoms with van der Waals surface area (Å²) in [7, 11) is -7.78. The summed E-state index contributed by atoms with van der Waals surface area (Å²) in [6, 6.07) is 17.5. The average Bonchev–Trinajstić information content (AvgIpc) is 3.79. The van der Waals surface area contributed by atoms with Crippen LogP contribution in [0.1, 0.15) is 48.1 Å². The predicted molar refractivity (Wildman–Crippen MR) is 153 cm³/mol. The van der Waals surface area contributed by atoms with Crippen molar-refractivity contribution in [3.63, 3.8) is 0 Å². The molecule has 0 aliphatic heterocycles. The van der Waals surface area contributed by atoms with E-state index in [1.807, 2.05) is 6.92 Å². The lowest BCUT2D eigenvalue weighted by Crippen LogP contribution is -2.25. The number of anilines is 1. The largest absolute Gasteiger partial charge is 0.507 e. The van der Waals surface area contributed by atoms with E-state index in [-0.39, 0.29) is 39.3 Å². The summed E-state index contributed by atoms with van der Waals surface area (Å²) in [5, 5.41) is 11.0. The number of nitrogens with zero attached hydrogens (tertiary/aromatic N) is 1. The topological polar surface area (TPSA) is 156 Å². The summed E-state index contributed by atoms with van der Waals surface area (Å²) in [5.74, 6) is -0.857. The molecule has 5 rings (SSSR count). The third-order valence-electron chi connectivity index (χ3n) is 6.94. The fraction of sp³-hybridized carbons (Fsp3) is 0.241. The number of pyridine rings is 1. The molecule has 1 saturated carbocycles. The number of hydrogen-bond acceptors (Lipinski definition) is 8. The zero-order valence-corrected chi connectivity index (χ0v) is 23.8. The van der Waals surface area contributed by atoms with Crippen molar-refractivity contribution in [2.45, 2.75) is 48.4 Å². The van der Waals surface area contributed by atoms with Crippen LogP contribution in [0.5, 0.6) is 5.75 Å². The maximum Gasteiger partial charge on any atom is 0.343 e. The fourth-order valence-corrected chi connectivity index (χ4v) is 7.15. The fourth-order valence-electron chi connectivity index (χ4n) is 4.83. The molecule has 0 spiro atoms. The third-order valence-corrected chi connectivity index (χ3v) is 9.81. The minimum Gasteiger partial charge on any atom is -0.507 e. The third kappa shape index (κ3) is 6.34. The number of aromatic nitrogens is 1. The number of rotatable bonds is 11. The molecule has 4 aromatic rings. The lowest BCUT2D eigenvalue weighted by Gasteiger charge is -2.19. The van der Waals surface area contributed by atoms with Gasteiger partial charge in [0.15, 0.2) is 0 Å². The summed E-state index contributed by atoms with van der Waals surface area (Å²) >= 11 is 0. The van der Waals surface area contributed by atoms with Crippen LogP contribution in [0.15, 0.2) is 98.1 Å². The molecule has 1 aliphatic rings.